The van der Waals surface area contributed by atoms with Crippen molar-refractivity contribution in [2.75, 3.05) is 13.2 Å². The topological polar surface area (TPSA) is 61.7 Å². The molecule has 0 amide bonds. The first-order valence-corrected chi connectivity index (χ1v) is 7.92. The van der Waals surface area contributed by atoms with Crippen LogP contribution < -0.4 is 5.32 Å². The van der Waals surface area contributed by atoms with E-state index < -0.39 is 12.2 Å². The average Bonchev–Trinajstić information content (AvgIpc) is 2.77. The number of aliphatic hydroxyl groups is 2. The molecule has 0 radical (unpaired) electrons. The Morgan fingerprint density at radius 1 is 1.14 bits per heavy atom. The van der Waals surface area contributed by atoms with E-state index in [2.05, 4.69) is 24.4 Å². The molecule has 4 heteroatoms. The molecule has 0 unspecified atom stereocenters. The van der Waals surface area contributed by atoms with Crippen LogP contribution in [0.3, 0.4) is 0 Å². The molecule has 116 valence electrons. The summed E-state index contributed by atoms with van der Waals surface area (Å²) in [6.07, 6.45) is 1.22. The van der Waals surface area contributed by atoms with E-state index in [0.717, 1.165) is 26.1 Å². The van der Waals surface area contributed by atoms with E-state index >= 15 is 0 Å². The maximum Gasteiger partial charge on any atom is 0.0957 e. The van der Waals surface area contributed by atoms with Gasteiger partial charge in [-0.25, -0.2) is 0 Å². The molecule has 1 aromatic carbocycles. The van der Waals surface area contributed by atoms with Crippen molar-refractivity contribution in [1.82, 2.24) is 5.32 Å². The highest BCUT2D eigenvalue weighted by atomic mass is 16.5. The molecule has 3 rings (SSSR count). The van der Waals surface area contributed by atoms with E-state index in [1.165, 1.54) is 11.1 Å². The molecule has 1 saturated carbocycles. The van der Waals surface area contributed by atoms with Gasteiger partial charge in [-0.15, -0.1) is 0 Å². The molecule has 1 aromatic rings. The lowest BCUT2D eigenvalue weighted by atomic mass is 9.89. The summed E-state index contributed by atoms with van der Waals surface area (Å²) in [7, 11) is 0. The van der Waals surface area contributed by atoms with Crippen molar-refractivity contribution in [3.63, 3.8) is 0 Å². The minimum Gasteiger partial charge on any atom is -0.390 e. The zero-order valence-electron chi connectivity index (χ0n) is 12.5. The highest BCUT2D eigenvalue weighted by Gasteiger charge is 2.43. The van der Waals surface area contributed by atoms with Gasteiger partial charge in [0.15, 0.2) is 0 Å². The number of ether oxygens (including phenoxy) is 1. The van der Waals surface area contributed by atoms with Crippen molar-refractivity contribution in [1.29, 1.82) is 0 Å². The number of benzene rings is 1. The van der Waals surface area contributed by atoms with Crippen LogP contribution in [0.25, 0.3) is 0 Å². The average molecular weight is 291 g/mol. The molecule has 1 aliphatic carbocycles. The van der Waals surface area contributed by atoms with E-state index in [1.807, 2.05) is 12.1 Å². The fourth-order valence-electron chi connectivity index (χ4n) is 3.70. The third kappa shape index (κ3) is 3.14. The summed E-state index contributed by atoms with van der Waals surface area (Å²) in [5.74, 6) is 0.166. The van der Waals surface area contributed by atoms with Crippen LogP contribution in [-0.2, 0) is 4.74 Å². The molecule has 21 heavy (non-hydrogen) atoms. The van der Waals surface area contributed by atoms with Gasteiger partial charge < -0.3 is 20.3 Å². The molecular weight excluding hydrogens is 266 g/mol. The molecule has 1 aliphatic heterocycles. The van der Waals surface area contributed by atoms with Crippen LogP contribution in [0.2, 0.25) is 0 Å². The van der Waals surface area contributed by atoms with Gasteiger partial charge in [-0.1, -0.05) is 24.3 Å². The number of nitrogens with one attached hydrogen (secondary N) is 1. The maximum absolute atomic E-state index is 10.4. The molecule has 2 aliphatic rings. The van der Waals surface area contributed by atoms with Gasteiger partial charge in [-0.05, 0) is 37.3 Å². The zero-order valence-corrected chi connectivity index (χ0v) is 12.5. The molecule has 0 aromatic heterocycles. The summed E-state index contributed by atoms with van der Waals surface area (Å²) in [6, 6.07) is 8.56. The van der Waals surface area contributed by atoms with Crippen molar-refractivity contribution in [2.45, 2.75) is 56.4 Å². The van der Waals surface area contributed by atoms with Crippen LogP contribution in [0.5, 0.6) is 0 Å². The van der Waals surface area contributed by atoms with Crippen LogP contribution in [-0.4, -0.2) is 47.7 Å². The Kier molecular flexibility index (Phi) is 4.60. The van der Waals surface area contributed by atoms with E-state index in [4.69, 9.17) is 4.74 Å². The van der Waals surface area contributed by atoms with E-state index in [9.17, 15) is 10.2 Å². The Morgan fingerprint density at radius 3 is 2.57 bits per heavy atom. The molecule has 2 fully saturated rings. The third-order valence-electron chi connectivity index (χ3n) is 4.93. The summed E-state index contributed by atoms with van der Waals surface area (Å²) in [6.45, 7) is 3.65. The fourth-order valence-corrected chi connectivity index (χ4v) is 3.70. The smallest absolute Gasteiger partial charge is 0.0957 e. The normalized spacial score (nSPS) is 34.2. The maximum atomic E-state index is 10.4. The first-order valence-electron chi connectivity index (χ1n) is 7.92. The van der Waals surface area contributed by atoms with Gasteiger partial charge in [-0.3, -0.25) is 0 Å². The zero-order chi connectivity index (χ0) is 14.8. The second kappa shape index (κ2) is 6.44. The van der Waals surface area contributed by atoms with E-state index in [1.54, 1.807) is 0 Å². The molecule has 0 spiro atoms. The van der Waals surface area contributed by atoms with Gasteiger partial charge in [0.05, 0.1) is 12.2 Å². The second-order valence-electron chi connectivity index (χ2n) is 6.34. The van der Waals surface area contributed by atoms with Crippen molar-refractivity contribution in [3.8, 4) is 0 Å². The Bertz CT molecular complexity index is 473. The van der Waals surface area contributed by atoms with Gasteiger partial charge >= 0.3 is 0 Å². The third-order valence-corrected chi connectivity index (χ3v) is 4.93. The van der Waals surface area contributed by atoms with Gasteiger partial charge in [0.25, 0.3) is 0 Å². The fraction of sp³-hybridized carbons (Fsp3) is 0.647. The quantitative estimate of drug-likeness (QED) is 0.786. The predicted octanol–water partition coefficient (Wildman–Crippen LogP) is 1.34. The van der Waals surface area contributed by atoms with Crippen molar-refractivity contribution >= 4 is 0 Å². The SMILES string of the molecule is Cc1ccccc1[C@H]1C[C@@H](O)[C@@H](O)[C@@H]1NC1CCOCC1. The van der Waals surface area contributed by atoms with Crippen molar-refractivity contribution in [3.05, 3.63) is 35.4 Å². The lowest BCUT2D eigenvalue weighted by molar-refractivity contribution is 0.0205. The number of hydrogen-bond donors (Lipinski definition) is 3. The highest BCUT2D eigenvalue weighted by molar-refractivity contribution is 5.32. The summed E-state index contributed by atoms with van der Waals surface area (Å²) in [5, 5.41) is 24.1. The Hall–Kier alpha value is -0.940. The Balaban J connectivity index is 1.79. The first kappa shape index (κ1) is 15.0. The molecule has 1 heterocycles. The molecule has 1 saturated heterocycles. The van der Waals surface area contributed by atoms with Crippen LogP contribution >= 0.6 is 0 Å². The number of aryl methyl sites for hydroxylation is 1. The summed E-state index contributed by atoms with van der Waals surface area (Å²) in [4.78, 5) is 0. The van der Waals surface area contributed by atoms with E-state index in [-0.39, 0.29) is 12.0 Å². The van der Waals surface area contributed by atoms with Crippen LogP contribution in [0.4, 0.5) is 0 Å². The number of hydrogen-bond acceptors (Lipinski definition) is 4. The molecular formula is C17H25NO3. The Morgan fingerprint density at radius 2 is 1.86 bits per heavy atom. The van der Waals surface area contributed by atoms with Crippen molar-refractivity contribution in [2.24, 2.45) is 0 Å². The number of aliphatic hydroxyl groups excluding tert-OH is 2. The van der Waals surface area contributed by atoms with E-state index in [0.29, 0.717) is 12.5 Å². The molecule has 0 bridgehead atoms. The van der Waals surface area contributed by atoms with Gasteiger partial charge in [0, 0.05) is 31.2 Å². The van der Waals surface area contributed by atoms with Crippen LogP contribution in [0.1, 0.15) is 36.3 Å². The van der Waals surface area contributed by atoms with Crippen molar-refractivity contribution < 1.29 is 14.9 Å². The summed E-state index contributed by atoms with van der Waals surface area (Å²) in [5.41, 5.74) is 2.46. The van der Waals surface area contributed by atoms with Crippen LogP contribution in [0, 0.1) is 6.92 Å². The van der Waals surface area contributed by atoms with Crippen LogP contribution in [0.15, 0.2) is 24.3 Å². The molecule has 4 atom stereocenters. The van der Waals surface area contributed by atoms with Gasteiger partial charge in [-0.2, -0.15) is 0 Å². The standard InChI is InChI=1S/C17H25NO3/c1-11-4-2-3-5-13(11)14-10-15(19)17(20)16(14)18-12-6-8-21-9-7-12/h2-5,12,14-20H,6-10H2,1H3/t14-,15-,16-,17-/m1/s1. The molecule has 4 nitrogen and oxygen atoms in total. The monoisotopic (exact) mass is 291 g/mol. The van der Waals surface area contributed by atoms with Gasteiger partial charge in [0.1, 0.15) is 0 Å². The lowest BCUT2D eigenvalue weighted by Crippen LogP contribution is -2.49. The lowest BCUT2D eigenvalue weighted by Gasteiger charge is -2.31. The Labute approximate surface area is 126 Å². The van der Waals surface area contributed by atoms with Gasteiger partial charge in [0.2, 0.25) is 0 Å². The molecule has 3 N–H and O–H groups in total. The largest absolute Gasteiger partial charge is 0.390 e. The minimum atomic E-state index is -0.697. The summed E-state index contributed by atoms with van der Waals surface area (Å²) < 4.78 is 5.39. The highest BCUT2D eigenvalue weighted by Crippen LogP contribution is 2.37. The predicted molar refractivity (Wildman–Crippen MR) is 81.3 cm³/mol. The summed E-state index contributed by atoms with van der Waals surface area (Å²) >= 11 is 0. The minimum absolute atomic E-state index is 0.0794. The number of rotatable bonds is 3. The first-order chi connectivity index (χ1) is 10.2. The second-order valence-corrected chi connectivity index (χ2v) is 6.34.